The molecule has 118 valence electrons. The van der Waals surface area contributed by atoms with Gasteiger partial charge in [0, 0.05) is 19.0 Å². The standard InChI is InChI=1S/C18H18FN3O/c1-22(10-5-11-23-15-6-3-2-4-7-15)18-16-12-14(19)8-9-17(16)20-13-21-18/h2-4,6-9,12-13H,5,10-11H2,1H3. The summed E-state index contributed by atoms with van der Waals surface area (Å²) < 4.78 is 19.2. The lowest BCUT2D eigenvalue weighted by molar-refractivity contribution is 0.312. The Bertz CT molecular complexity index is 780. The van der Waals surface area contributed by atoms with Crippen molar-refractivity contribution in [3.05, 3.63) is 60.7 Å². The summed E-state index contributed by atoms with van der Waals surface area (Å²) in [5.74, 6) is 1.31. The fourth-order valence-corrected chi connectivity index (χ4v) is 2.43. The Morgan fingerprint density at radius 1 is 1.09 bits per heavy atom. The molecule has 3 rings (SSSR count). The van der Waals surface area contributed by atoms with Crippen LogP contribution < -0.4 is 9.64 Å². The van der Waals surface area contributed by atoms with Gasteiger partial charge in [0.15, 0.2) is 0 Å². The molecule has 23 heavy (non-hydrogen) atoms. The largest absolute Gasteiger partial charge is 0.494 e. The zero-order valence-corrected chi connectivity index (χ0v) is 12.9. The molecule has 0 saturated heterocycles. The first-order chi connectivity index (χ1) is 11.2. The highest BCUT2D eigenvalue weighted by atomic mass is 19.1. The van der Waals surface area contributed by atoms with Crippen LogP contribution in [-0.2, 0) is 0 Å². The monoisotopic (exact) mass is 311 g/mol. The molecule has 0 aliphatic rings. The summed E-state index contributed by atoms with van der Waals surface area (Å²) in [6.45, 7) is 1.38. The number of anilines is 1. The number of nitrogens with zero attached hydrogens (tertiary/aromatic N) is 3. The third-order valence-electron chi connectivity index (χ3n) is 3.59. The molecule has 0 spiro atoms. The summed E-state index contributed by atoms with van der Waals surface area (Å²) in [5.41, 5.74) is 0.740. The van der Waals surface area contributed by atoms with Crippen molar-refractivity contribution in [3.63, 3.8) is 0 Å². The molecule has 0 aliphatic heterocycles. The summed E-state index contributed by atoms with van der Waals surface area (Å²) in [6.07, 6.45) is 2.35. The first-order valence-electron chi connectivity index (χ1n) is 7.53. The summed E-state index contributed by atoms with van der Waals surface area (Å²) in [7, 11) is 1.94. The molecule has 0 unspecified atom stereocenters. The van der Waals surface area contributed by atoms with E-state index in [1.165, 1.54) is 18.5 Å². The molecule has 0 saturated carbocycles. The van der Waals surface area contributed by atoms with E-state index in [2.05, 4.69) is 9.97 Å². The van der Waals surface area contributed by atoms with Crippen LogP contribution in [0.2, 0.25) is 0 Å². The molecular weight excluding hydrogens is 293 g/mol. The van der Waals surface area contributed by atoms with Gasteiger partial charge in [-0.15, -0.1) is 0 Å². The lowest BCUT2D eigenvalue weighted by Crippen LogP contribution is -2.21. The number of fused-ring (bicyclic) bond motifs is 1. The van der Waals surface area contributed by atoms with Crippen molar-refractivity contribution in [2.24, 2.45) is 0 Å². The fraction of sp³-hybridized carbons (Fsp3) is 0.222. The predicted octanol–water partition coefficient (Wildman–Crippen LogP) is 3.67. The van der Waals surface area contributed by atoms with Crippen LogP contribution >= 0.6 is 0 Å². The van der Waals surface area contributed by atoms with Crippen LogP contribution in [-0.4, -0.2) is 30.2 Å². The average Bonchev–Trinajstić information content (AvgIpc) is 2.59. The van der Waals surface area contributed by atoms with E-state index >= 15 is 0 Å². The number of halogens is 1. The lowest BCUT2D eigenvalue weighted by Gasteiger charge is -2.19. The summed E-state index contributed by atoms with van der Waals surface area (Å²) in [5, 5.41) is 0.721. The molecule has 2 aromatic carbocycles. The number of benzene rings is 2. The molecule has 0 N–H and O–H groups in total. The van der Waals surface area contributed by atoms with E-state index in [0.717, 1.165) is 35.4 Å². The van der Waals surface area contributed by atoms with Crippen molar-refractivity contribution >= 4 is 16.7 Å². The number of hydrogen-bond acceptors (Lipinski definition) is 4. The first-order valence-corrected chi connectivity index (χ1v) is 7.53. The number of para-hydroxylation sites is 1. The second-order valence-corrected chi connectivity index (χ2v) is 5.30. The van der Waals surface area contributed by atoms with Gasteiger partial charge in [0.2, 0.25) is 0 Å². The fourth-order valence-electron chi connectivity index (χ4n) is 2.43. The molecule has 0 bridgehead atoms. The Balaban J connectivity index is 1.62. The molecular formula is C18H18FN3O. The van der Waals surface area contributed by atoms with E-state index in [1.54, 1.807) is 6.07 Å². The van der Waals surface area contributed by atoms with Gasteiger partial charge in [-0.3, -0.25) is 0 Å². The molecule has 1 aromatic heterocycles. The average molecular weight is 311 g/mol. The zero-order valence-electron chi connectivity index (χ0n) is 12.9. The Kier molecular flexibility index (Phi) is 4.66. The number of aromatic nitrogens is 2. The van der Waals surface area contributed by atoms with E-state index in [9.17, 15) is 4.39 Å². The van der Waals surface area contributed by atoms with E-state index in [4.69, 9.17) is 4.74 Å². The molecule has 3 aromatic rings. The van der Waals surface area contributed by atoms with Crippen LogP contribution in [0.3, 0.4) is 0 Å². The van der Waals surface area contributed by atoms with Gasteiger partial charge in [-0.2, -0.15) is 0 Å². The number of rotatable bonds is 6. The van der Waals surface area contributed by atoms with Gasteiger partial charge in [-0.25, -0.2) is 14.4 Å². The zero-order chi connectivity index (χ0) is 16.1. The van der Waals surface area contributed by atoms with Crippen LogP contribution in [0.4, 0.5) is 10.2 Å². The van der Waals surface area contributed by atoms with Crippen LogP contribution in [0.5, 0.6) is 5.75 Å². The third kappa shape index (κ3) is 3.74. The van der Waals surface area contributed by atoms with E-state index in [1.807, 2.05) is 42.3 Å². The number of ether oxygens (including phenoxy) is 1. The van der Waals surface area contributed by atoms with Gasteiger partial charge in [-0.1, -0.05) is 18.2 Å². The maximum atomic E-state index is 13.5. The van der Waals surface area contributed by atoms with Crippen LogP contribution in [0, 0.1) is 5.82 Å². The van der Waals surface area contributed by atoms with E-state index in [0.29, 0.717) is 6.61 Å². The Morgan fingerprint density at radius 3 is 2.74 bits per heavy atom. The molecule has 0 radical (unpaired) electrons. The Hall–Kier alpha value is -2.69. The maximum Gasteiger partial charge on any atom is 0.139 e. The molecule has 1 heterocycles. The minimum atomic E-state index is -0.283. The second kappa shape index (κ2) is 7.05. The summed E-state index contributed by atoms with van der Waals surface area (Å²) in [4.78, 5) is 10.5. The van der Waals surface area contributed by atoms with E-state index in [-0.39, 0.29) is 5.82 Å². The molecule has 0 aliphatic carbocycles. The predicted molar refractivity (Wildman–Crippen MR) is 89.3 cm³/mol. The molecule has 0 amide bonds. The third-order valence-corrected chi connectivity index (χ3v) is 3.59. The maximum absolute atomic E-state index is 13.5. The molecule has 0 atom stereocenters. The van der Waals surface area contributed by atoms with Crippen molar-refractivity contribution in [2.45, 2.75) is 6.42 Å². The Morgan fingerprint density at radius 2 is 1.91 bits per heavy atom. The lowest BCUT2D eigenvalue weighted by atomic mass is 10.2. The summed E-state index contributed by atoms with van der Waals surface area (Å²) >= 11 is 0. The first kappa shape index (κ1) is 15.2. The second-order valence-electron chi connectivity index (χ2n) is 5.30. The minimum Gasteiger partial charge on any atom is -0.494 e. The van der Waals surface area contributed by atoms with Gasteiger partial charge < -0.3 is 9.64 Å². The highest BCUT2D eigenvalue weighted by molar-refractivity contribution is 5.89. The van der Waals surface area contributed by atoms with Gasteiger partial charge >= 0.3 is 0 Å². The van der Waals surface area contributed by atoms with Gasteiger partial charge in [0.25, 0.3) is 0 Å². The smallest absolute Gasteiger partial charge is 0.139 e. The minimum absolute atomic E-state index is 0.283. The highest BCUT2D eigenvalue weighted by Crippen LogP contribution is 2.22. The van der Waals surface area contributed by atoms with Crippen molar-refractivity contribution in [2.75, 3.05) is 25.1 Å². The van der Waals surface area contributed by atoms with Crippen molar-refractivity contribution in [1.82, 2.24) is 9.97 Å². The van der Waals surface area contributed by atoms with Crippen LogP contribution in [0.1, 0.15) is 6.42 Å². The Labute approximate surface area is 134 Å². The van der Waals surface area contributed by atoms with Crippen molar-refractivity contribution in [3.8, 4) is 5.75 Å². The van der Waals surface area contributed by atoms with Gasteiger partial charge in [0.05, 0.1) is 12.1 Å². The molecule has 0 fully saturated rings. The van der Waals surface area contributed by atoms with Crippen LogP contribution in [0.15, 0.2) is 54.9 Å². The topological polar surface area (TPSA) is 38.2 Å². The normalized spacial score (nSPS) is 10.7. The summed E-state index contributed by atoms with van der Waals surface area (Å²) in [6, 6.07) is 14.3. The SMILES string of the molecule is CN(CCCOc1ccccc1)c1ncnc2ccc(F)cc12. The highest BCUT2D eigenvalue weighted by Gasteiger charge is 2.09. The quantitative estimate of drug-likeness (QED) is 0.651. The number of hydrogen-bond donors (Lipinski definition) is 0. The van der Waals surface area contributed by atoms with Crippen LogP contribution in [0.25, 0.3) is 10.9 Å². The van der Waals surface area contributed by atoms with Crippen molar-refractivity contribution < 1.29 is 9.13 Å². The van der Waals surface area contributed by atoms with Gasteiger partial charge in [0.1, 0.15) is 23.7 Å². The van der Waals surface area contributed by atoms with E-state index < -0.39 is 0 Å². The molecule has 4 nitrogen and oxygen atoms in total. The van der Waals surface area contributed by atoms with Gasteiger partial charge in [-0.05, 0) is 36.8 Å². The molecule has 5 heteroatoms. The van der Waals surface area contributed by atoms with Crippen molar-refractivity contribution in [1.29, 1.82) is 0 Å².